The predicted octanol–water partition coefficient (Wildman–Crippen LogP) is 2.00. The Balaban J connectivity index is 2.14. The van der Waals surface area contributed by atoms with Crippen molar-refractivity contribution in [2.45, 2.75) is 25.3 Å². The fourth-order valence-electron chi connectivity index (χ4n) is 2.69. The van der Waals surface area contributed by atoms with E-state index in [4.69, 9.17) is 0 Å². The summed E-state index contributed by atoms with van der Waals surface area (Å²) in [5.41, 5.74) is 2.86. The zero-order chi connectivity index (χ0) is 11.5. The highest BCUT2D eigenvalue weighted by molar-refractivity contribution is 5.26. The van der Waals surface area contributed by atoms with Gasteiger partial charge in [-0.15, -0.1) is 0 Å². The number of likely N-dealkylation sites (N-methyl/N-ethyl adjacent to an activating group) is 2. The zero-order valence-electron chi connectivity index (χ0n) is 10.5. The third kappa shape index (κ3) is 2.63. The van der Waals surface area contributed by atoms with Gasteiger partial charge in [-0.05, 0) is 38.9 Å². The number of hydrogen-bond donors (Lipinski definition) is 1. The van der Waals surface area contributed by atoms with Crippen LogP contribution in [0.1, 0.15) is 23.5 Å². The Morgan fingerprint density at radius 1 is 1.31 bits per heavy atom. The lowest BCUT2D eigenvalue weighted by Crippen LogP contribution is -2.45. The quantitative estimate of drug-likeness (QED) is 0.817. The highest BCUT2D eigenvalue weighted by Crippen LogP contribution is 2.26. The molecule has 1 aromatic carbocycles. The molecule has 1 aliphatic heterocycles. The summed E-state index contributed by atoms with van der Waals surface area (Å²) >= 11 is 0. The van der Waals surface area contributed by atoms with E-state index in [0.717, 1.165) is 0 Å². The molecule has 2 unspecified atom stereocenters. The van der Waals surface area contributed by atoms with Gasteiger partial charge < -0.3 is 10.2 Å². The van der Waals surface area contributed by atoms with Crippen molar-refractivity contribution in [1.29, 1.82) is 0 Å². The highest BCUT2D eigenvalue weighted by atomic mass is 15.1. The number of piperidine rings is 1. The molecule has 16 heavy (non-hydrogen) atoms. The molecule has 2 rings (SSSR count). The first-order chi connectivity index (χ1) is 7.69. The summed E-state index contributed by atoms with van der Waals surface area (Å²) in [6, 6.07) is 9.57. The third-order valence-electron chi connectivity index (χ3n) is 3.55. The van der Waals surface area contributed by atoms with Crippen LogP contribution in [0.4, 0.5) is 0 Å². The first-order valence-corrected chi connectivity index (χ1v) is 6.11. The molecular weight excluding hydrogens is 196 g/mol. The van der Waals surface area contributed by atoms with Crippen molar-refractivity contribution in [2.24, 2.45) is 0 Å². The fraction of sp³-hybridized carbons (Fsp3) is 0.571. The molecule has 0 aromatic heterocycles. The number of aryl methyl sites for hydroxylation is 1. The maximum atomic E-state index is 3.41. The van der Waals surface area contributed by atoms with Gasteiger partial charge in [0.15, 0.2) is 0 Å². The van der Waals surface area contributed by atoms with Crippen LogP contribution in [-0.4, -0.2) is 38.1 Å². The molecule has 0 amide bonds. The van der Waals surface area contributed by atoms with Gasteiger partial charge in [0.2, 0.25) is 0 Å². The van der Waals surface area contributed by atoms with Gasteiger partial charge in [0.05, 0.1) is 0 Å². The molecule has 0 aliphatic carbocycles. The normalized spacial score (nSPS) is 26.9. The summed E-state index contributed by atoms with van der Waals surface area (Å²) in [5.74, 6) is 0.677. The van der Waals surface area contributed by atoms with E-state index in [9.17, 15) is 0 Å². The minimum absolute atomic E-state index is 0.629. The van der Waals surface area contributed by atoms with E-state index in [-0.39, 0.29) is 0 Å². The van der Waals surface area contributed by atoms with Gasteiger partial charge in [0, 0.05) is 19.1 Å². The van der Waals surface area contributed by atoms with Crippen LogP contribution < -0.4 is 5.32 Å². The Bertz CT molecular complexity index is 348. The number of nitrogens with one attached hydrogen (secondary N) is 1. The average molecular weight is 218 g/mol. The summed E-state index contributed by atoms with van der Waals surface area (Å²) in [4.78, 5) is 2.43. The maximum absolute atomic E-state index is 3.41. The minimum atomic E-state index is 0.629. The van der Waals surface area contributed by atoms with E-state index in [1.54, 1.807) is 0 Å². The Morgan fingerprint density at radius 3 is 2.81 bits per heavy atom. The second-order valence-electron chi connectivity index (χ2n) is 5.05. The van der Waals surface area contributed by atoms with Crippen LogP contribution in [0.25, 0.3) is 0 Å². The summed E-state index contributed by atoms with van der Waals surface area (Å²) in [5, 5.41) is 3.41. The first kappa shape index (κ1) is 11.6. The number of rotatable bonds is 2. The van der Waals surface area contributed by atoms with Crippen LogP contribution in [0.2, 0.25) is 0 Å². The van der Waals surface area contributed by atoms with Gasteiger partial charge in [-0.2, -0.15) is 0 Å². The molecule has 0 bridgehead atoms. The molecule has 1 N–H and O–H groups in total. The summed E-state index contributed by atoms with van der Waals surface area (Å²) in [7, 11) is 4.28. The summed E-state index contributed by atoms with van der Waals surface area (Å²) in [6.45, 7) is 4.52. The van der Waals surface area contributed by atoms with Crippen LogP contribution in [0.5, 0.6) is 0 Å². The molecular formula is C14H22N2. The number of likely N-dealkylation sites (tertiary alicyclic amines) is 1. The van der Waals surface area contributed by atoms with Crippen LogP contribution in [0.15, 0.2) is 24.3 Å². The van der Waals surface area contributed by atoms with Gasteiger partial charge in [-0.3, -0.25) is 0 Å². The summed E-state index contributed by atoms with van der Waals surface area (Å²) < 4.78 is 0. The lowest BCUT2D eigenvalue weighted by molar-refractivity contribution is 0.210. The zero-order valence-corrected chi connectivity index (χ0v) is 10.5. The van der Waals surface area contributed by atoms with E-state index >= 15 is 0 Å². The minimum Gasteiger partial charge on any atom is -0.316 e. The molecule has 0 saturated carbocycles. The third-order valence-corrected chi connectivity index (χ3v) is 3.55. The number of hydrogen-bond acceptors (Lipinski definition) is 2. The smallest absolute Gasteiger partial charge is 0.0198 e. The highest BCUT2D eigenvalue weighted by Gasteiger charge is 2.25. The first-order valence-electron chi connectivity index (χ1n) is 6.11. The van der Waals surface area contributed by atoms with Crippen molar-refractivity contribution in [3.63, 3.8) is 0 Å². The van der Waals surface area contributed by atoms with Crippen molar-refractivity contribution < 1.29 is 0 Å². The van der Waals surface area contributed by atoms with Crippen molar-refractivity contribution in [3.05, 3.63) is 35.4 Å². The second kappa shape index (κ2) is 4.98. The SMILES string of the molecule is CNC1CC(c2cccc(C)c2)CN(C)C1. The predicted molar refractivity (Wildman–Crippen MR) is 68.9 cm³/mol. The lowest BCUT2D eigenvalue weighted by Gasteiger charge is -2.35. The average Bonchev–Trinajstić information content (AvgIpc) is 2.28. The van der Waals surface area contributed by atoms with E-state index in [1.165, 1.54) is 30.6 Å². The van der Waals surface area contributed by atoms with Crippen molar-refractivity contribution in [2.75, 3.05) is 27.2 Å². The maximum Gasteiger partial charge on any atom is 0.0198 e. The van der Waals surface area contributed by atoms with Crippen LogP contribution >= 0.6 is 0 Å². The number of benzene rings is 1. The molecule has 1 heterocycles. The molecule has 2 heteroatoms. The van der Waals surface area contributed by atoms with Crippen molar-refractivity contribution >= 4 is 0 Å². The van der Waals surface area contributed by atoms with Crippen LogP contribution in [-0.2, 0) is 0 Å². The monoisotopic (exact) mass is 218 g/mol. The molecule has 1 fully saturated rings. The lowest BCUT2D eigenvalue weighted by atomic mass is 9.88. The Labute approximate surface area is 98.7 Å². The van der Waals surface area contributed by atoms with Gasteiger partial charge >= 0.3 is 0 Å². The van der Waals surface area contributed by atoms with Crippen LogP contribution in [0.3, 0.4) is 0 Å². The molecule has 88 valence electrons. The second-order valence-corrected chi connectivity index (χ2v) is 5.05. The Hall–Kier alpha value is -0.860. The molecule has 2 atom stereocenters. The standard InChI is InChI=1S/C14H22N2/c1-11-5-4-6-12(7-11)13-8-14(15-2)10-16(3)9-13/h4-7,13-15H,8-10H2,1-3H3. The van der Waals surface area contributed by atoms with Gasteiger partial charge in [0.25, 0.3) is 0 Å². The Morgan fingerprint density at radius 2 is 2.12 bits per heavy atom. The van der Waals surface area contributed by atoms with E-state index < -0.39 is 0 Å². The van der Waals surface area contributed by atoms with Gasteiger partial charge in [0.1, 0.15) is 0 Å². The molecule has 1 aliphatic rings. The van der Waals surface area contributed by atoms with Crippen LogP contribution in [0, 0.1) is 6.92 Å². The largest absolute Gasteiger partial charge is 0.316 e. The molecule has 1 aromatic rings. The molecule has 0 spiro atoms. The number of nitrogens with zero attached hydrogens (tertiary/aromatic N) is 1. The van der Waals surface area contributed by atoms with Gasteiger partial charge in [-0.25, -0.2) is 0 Å². The molecule has 1 saturated heterocycles. The van der Waals surface area contributed by atoms with E-state index in [1.807, 2.05) is 0 Å². The molecule has 2 nitrogen and oxygen atoms in total. The summed E-state index contributed by atoms with van der Waals surface area (Å²) in [6.07, 6.45) is 1.25. The van der Waals surface area contributed by atoms with E-state index in [0.29, 0.717) is 12.0 Å². The van der Waals surface area contributed by atoms with Gasteiger partial charge in [-0.1, -0.05) is 29.8 Å². The van der Waals surface area contributed by atoms with E-state index in [2.05, 4.69) is 55.5 Å². The van der Waals surface area contributed by atoms with Crippen molar-refractivity contribution in [3.8, 4) is 0 Å². The molecule has 0 radical (unpaired) electrons. The Kier molecular flexibility index (Phi) is 3.62. The van der Waals surface area contributed by atoms with Crippen molar-refractivity contribution in [1.82, 2.24) is 10.2 Å². The topological polar surface area (TPSA) is 15.3 Å². The fourth-order valence-corrected chi connectivity index (χ4v) is 2.69.